The normalized spacial score (nSPS) is 18.9. The predicted octanol–water partition coefficient (Wildman–Crippen LogP) is 0.294. The lowest BCUT2D eigenvalue weighted by atomic mass is 10.3. The van der Waals surface area contributed by atoms with Gasteiger partial charge in [0.05, 0.1) is 17.6 Å². The molecule has 94 valence electrons. The molecule has 1 aliphatic rings. The van der Waals surface area contributed by atoms with Gasteiger partial charge >= 0.3 is 5.69 Å². The summed E-state index contributed by atoms with van der Waals surface area (Å²) < 4.78 is 1.39. The van der Waals surface area contributed by atoms with E-state index in [0.717, 1.165) is 12.8 Å². The van der Waals surface area contributed by atoms with Crippen LogP contribution >= 0.6 is 0 Å². The van der Waals surface area contributed by atoms with E-state index in [9.17, 15) is 15.2 Å². The quantitative estimate of drug-likeness (QED) is 0.551. The van der Waals surface area contributed by atoms with Crippen LogP contribution in [0.25, 0.3) is 0 Å². The standard InChI is InChI=1S/C10H16N4O3/c1-10(2-3-10)11-5-9(15)7-13-6-8(4-12-13)14(16)17/h4,6,9,11,15H,2-3,5,7H2,1H3. The summed E-state index contributed by atoms with van der Waals surface area (Å²) in [6.07, 6.45) is 4.18. The number of aliphatic hydroxyl groups excluding tert-OH is 1. The van der Waals surface area contributed by atoms with Gasteiger partial charge in [0.2, 0.25) is 0 Å². The lowest BCUT2D eigenvalue weighted by Crippen LogP contribution is -2.37. The molecule has 2 N–H and O–H groups in total. The average Bonchev–Trinajstić information content (AvgIpc) is 2.81. The second-order valence-electron chi connectivity index (χ2n) is 4.77. The fourth-order valence-electron chi connectivity index (χ4n) is 1.56. The van der Waals surface area contributed by atoms with Gasteiger partial charge in [-0.25, -0.2) is 0 Å². The minimum atomic E-state index is -0.591. The lowest BCUT2D eigenvalue weighted by molar-refractivity contribution is -0.385. The van der Waals surface area contributed by atoms with Crippen molar-refractivity contribution in [3.63, 3.8) is 0 Å². The average molecular weight is 240 g/mol. The molecule has 0 bridgehead atoms. The van der Waals surface area contributed by atoms with E-state index in [2.05, 4.69) is 17.3 Å². The van der Waals surface area contributed by atoms with Crippen molar-refractivity contribution >= 4 is 5.69 Å². The van der Waals surface area contributed by atoms with Crippen molar-refractivity contribution in [1.82, 2.24) is 15.1 Å². The minimum absolute atomic E-state index is 0.0562. The van der Waals surface area contributed by atoms with Crippen LogP contribution in [0.3, 0.4) is 0 Å². The molecule has 0 saturated heterocycles. The van der Waals surface area contributed by atoms with Gasteiger partial charge in [0, 0.05) is 12.1 Å². The highest BCUT2D eigenvalue weighted by atomic mass is 16.6. The molecule has 17 heavy (non-hydrogen) atoms. The van der Waals surface area contributed by atoms with Crippen molar-refractivity contribution < 1.29 is 10.0 Å². The highest BCUT2D eigenvalue weighted by Crippen LogP contribution is 2.33. The van der Waals surface area contributed by atoms with E-state index in [4.69, 9.17) is 0 Å². The van der Waals surface area contributed by atoms with Crippen LogP contribution in [0.2, 0.25) is 0 Å². The highest BCUT2D eigenvalue weighted by molar-refractivity contribution is 5.20. The molecule has 1 unspecified atom stereocenters. The number of aliphatic hydroxyl groups is 1. The number of nitrogens with zero attached hydrogens (tertiary/aromatic N) is 3. The third-order valence-electron chi connectivity index (χ3n) is 2.99. The Kier molecular flexibility index (Phi) is 3.12. The Morgan fingerprint density at radius 2 is 2.47 bits per heavy atom. The fraction of sp³-hybridized carbons (Fsp3) is 0.700. The molecule has 7 nitrogen and oxygen atoms in total. The number of hydrogen-bond acceptors (Lipinski definition) is 5. The minimum Gasteiger partial charge on any atom is -0.390 e. The van der Waals surface area contributed by atoms with Crippen LogP contribution in [0.15, 0.2) is 12.4 Å². The van der Waals surface area contributed by atoms with Gasteiger partial charge in [0.25, 0.3) is 0 Å². The molecule has 1 aromatic rings. The summed E-state index contributed by atoms with van der Waals surface area (Å²) in [6, 6.07) is 0. The summed E-state index contributed by atoms with van der Waals surface area (Å²) in [6.45, 7) is 2.85. The van der Waals surface area contributed by atoms with Gasteiger partial charge in [-0.3, -0.25) is 14.8 Å². The molecule has 1 aliphatic carbocycles. The Bertz CT molecular complexity index is 413. The largest absolute Gasteiger partial charge is 0.390 e. The fourth-order valence-corrected chi connectivity index (χ4v) is 1.56. The first-order valence-electron chi connectivity index (χ1n) is 5.58. The van der Waals surface area contributed by atoms with Crippen LogP contribution in [0.4, 0.5) is 5.69 Å². The molecular weight excluding hydrogens is 224 g/mol. The summed E-state index contributed by atoms with van der Waals surface area (Å²) in [5, 5.41) is 27.3. The molecule has 1 aromatic heterocycles. The van der Waals surface area contributed by atoms with Crippen LogP contribution < -0.4 is 5.32 Å². The Balaban J connectivity index is 1.80. The summed E-state index contributed by atoms with van der Waals surface area (Å²) in [4.78, 5) is 9.94. The molecule has 2 rings (SSSR count). The third kappa shape index (κ3) is 3.24. The van der Waals surface area contributed by atoms with Crippen LogP contribution in [0, 0.1) is 10.1 Å². The van der Waals surface area contributed by atoms with Gasteiger partial charge in [-0.15, -0.1) is 0 Å². The Morgan fingerprint density at radius 3 is 3.00 bits per heavy atom. The number of β-amino-alcohol motifs (C(OH)–C–C–N with tert-alkyl or cyclic N) is 1. The molecule has 1 atom stereocenters. The summed E-state index contributed by atoms with van der Waals surface area (Å²) >= 11 is 0. The van der Waals surface area contributed by atoms with Gasteiger partial charge in [0.15, 0.2) is 0 Å². The van der Waals surface area contributed by atoms with Gasteiger partial charge in [0.1, 0.15) is 12.4 Å². The maximum atomic E-state index is 10.4. The number of aromatic nitrogens is 2. The molecule has 0 aliphatic heterocycles. The Hall–Kier alpha value is -1.47. The zero-order chi connectivity index (χ0) is 12.5. The van der Waals surface area contributed by atoms with E-state index in [0.29, 0.717) is 6.54 Å². The number of rotatable bonds is 6. The van der Waals surface area contributed by atoms with Crippen molar-refractivity contribution in [1.29, 1.82) is 0 Å². The monoisotopic (exact) mass is 240 g/mol. The number of nitrogens with one attached hydrogen (secondary N) is 1. The van der Waals surface area contributed by atoms with E-state index in [-0.39, 0.29) is 17.8 Å². The Morgan fingerprint density at radius 1 is 1.76 bits per heavy atom. The smallest absolute Gasteiger partial charge is 0.306 e. The first-order valence-corrected chi connectivity index (χ1v) is 5.58. The first kappa shape index (κ1) is 12.0. The van der Waals surface area contributed by atoms with Gasteiger partial charge in [-0.2, -0.15) is 5.10 Å². The molecule has 1 heterocycles. The summed E-state index contributed by atoms with van der Waals surface area (Å²) in [5.74, 6) is 0. The van der Waals surface area contributed by atoms with Crippen LogP contribution in [-0.2, 0) is 6.54 Å². The summed E-state index contributed by atoms with van der Waals surface area (Å²) in [5.41, 5.74) is 0.121. The molecule has 1 saturated carbocycles. The van der Waals surface area contributed by atoms with E-state index < -0.39 is 11.0 Å². The topological polar surface area (TPSA) is 93.2 Å². The molecule has 7 heteroatoms. The van der Waals surface area contributed by atoms with E-state index in [1.54, 1.807) is 0 Å². The van der Waals surface area contributed by atoms with Crippen LogP contribution in [0.5, 0.6) is 0 Å². The van der Waals surface area contributed by atoms with E-state index in [1.807, 2.05) is 0 Å². The molecular formula is C10H16N4O3. The van der Waals surface area contributed by atoms with Gasteiger partial charge < -0.3 is 10.4 Å². The van der Waals surface area contributed by atoms with Crippen LogP contribution in [0.1, 0.15) is 19.8 Å². The molecule has 0 spiro atoms. The SMILES string of the molecule is CC1(NCC(O)Cn2cc([N+](=O)[O-])cn2)CC1. The van der Waals surface area contributed by atoms with Crippen LogP contribution in [-0.4, -0.2) is 38.0 Å². The molecule has 0 radical (unpaired) electrons. The van der Waals surface area contributed by atoms with Gasteiger partial charge in [-0.05, 0) is 19.8 Å². The maximum Gasteiger partial charge on any atom is 0.306 e. The maximum absolute atomic E-state index is 10.4. The van der Waals surface area contributed by atoms with Crippen molar-refractivity contribution in [2.24, 2.45) is 0 Å². The van der Waals surface area contributed by atoms with Crippen molar-refractivity contribution in [3.8, 4) is 0 Å². The number of nitro groups is 1. The van der Waals surface area contributed by atoms with Crippen molar-refractivity contribution in [3.05, 3.63) is 22.5 Å². The molecule has 0 amide bonds. The van der Waals surface area contributed by atoms with E-state index >= 15 is 0 Å². The third-order valence-corrected chi connectivity index (χ3v) is 2.99. The van der Waals surface area contributed by atoms with Gasteiger partial charge in [-0.1, -0.05) is 0 Å². The van der Waals surface area contributed by atoms with Crippen molar-refractivity contribution in [2.45, 2.75) is 38.0 Å². The summed E-state index contributed by atoms with van der Waals surface area (Å²) in [7, 11) is 0. The first-order chi connectivity index (χ1) is 7.98. The Labute approximate surface area is 98.6 Å². The second kappa shape index (κ2) is 4.42. The zero-order valence-electron chi connectivity index (χ0n) is 9.67. The molecule has 0 aromatic carbocycles. The zero-order valence-corrected chi connectivity index (χ0v) is 9.67. The number of hydrogen-bond donors (Lipinski definition) is 2. The molecule has 1 fully saturated rings. The highest BCUT2D eigenvalue weighted by Gasteiger charge is 2.36. The second-order valence-corrected chi connectivity index (χ2v) is 4.77. The van der Waals surface area contributed by atoms with Crippen molar-refractivity contribution in [2.75, 3.05) is 6.54 Å². The predicted molar refractivity (Wildman–Crippen MR) is 60.5 cm³/mol. The van der Waals surface area contributed by atoms with E-state index in [1.165, 1.54) is 17.1 Å². The lowest BCUT2D eigenvalue weighted by Gasteiger charge is -2.15.